The minimum Gasteiger partial charge on any atom is -0.387 e. The molecular formula is C13H17NO. The van der Waals surface area contributed by atoms with Crippen molar-refractivity contribution >= 4 is 0 Å². The van der Waals surface area contributed by atoms with Gasteiger partial charge in [-0.1, -0.05) is 38.1 Å². The number of hydrogen-bond acceptors (Lipinski definition) is 2. The van der Waals surface area contributed by atoms with E-state index in [1.54, 1.807) is 6.92 Å². The first-order chi connectivity index (χ1) is 7.06. The van der Waals surface area contributed by atoms with Gasteiger partial charge in [0.2, 0.25) is 0 Å². The minimum atomic E-state index is -0.684. The predicted octanol–water partition coefficient (Wildman–Crippen LogP) is 3.00. The summed E-state index contributed by atoms with van der Waals surface area (Å²) >= 11 is 0. The predicted molar refractivity (Wildman–Crippen MR) is 60.3 cm³/mol. The van der Waals surface area contributed by atoms with Crippen LogP contribution >= 0.6 is 0 Å². The molecule has 0 spiro atoms. The van der Waals surface area contributed by atoms with Crippen molar-refractivity contribution in [2.24, 2.45) is 5.92 Å². The molecule has 0 bridgehead atoms. The van der Waals surface area contributed by atoms with Crippen LogP contribution in [0, 0.1) is 17.2 Å². The Balaban J connectivity index is 2.85. The van der Waals surface area contributed by atoms with Gasteiger partial charge < -0.3 is 5.11 Å². The van der Waals surface area contributed by atoms with E-state index in [0.717, 1.165) is 5.56 Å². The Hall–Kier alpha value is -1.33. The molecule has 0 amide bonds. The van der Waals surface area contributed by atoms with Crippen LogP contribution in [0.1, 0.15) is 43.9 Å². The fourth-order valence-corrected chi connectivity index (χ4v) is 1.44. The van der Waals surface area contributed by atoms with Crippen LogP contribution in [0.5, 0.6) is 0 Å². The highest BCUT2D eigenvalue weighted by molar-refractivity contribution is 5.26. The third-order valence-electron chi connectivity index (χ3n) is 2.62. The van der Waals surface area contributed by atoms with Gasteiger partial charge in [0.05, 0.1) is 18.1 Å². The molecule has 15 heavy (non-hydrogen) atoms. The van der Waals surface area contributed by atoms with Crippen molar-refractivity contribution in [3.63, 3.8) is 0 Å². The highest BCUT2D eigenvalue weighted by Crippen LogP contribution is 2.23. The van der Waals surface area contributed by atoms with E-state index in [0.29, 0.717) is 5.92 Å². The van der Waals surface area contributed by atoms with Crippen LogP contribution in [0.3, 0.4) is 0 Å². The van der Waals surface area contributed by atoms with Gasteiger partial charge in [-0.2, -0.15) is 5.26 Å². The fraction of sp³-hybridized carbons (Fsp3) is 0.462. The van der Waals surface area contributed by atoms with Crippen molar-refractivity contribution in [1.29, 1.82) is 5.26 Å². The first kappa shape index (κ1) is 11.7. The molecule has 2 nitrogen and oxygen atoms in total. The second-order valence-electron chi connectivity index (χ2n) is 4.18. The smallest absolute Gasteiger partial charge is 0.0945 e. The molecule has 0 heterocycles. The Morgan fingerprint density at radius 1 is 1.07 bits per heavy atom. The maximum Gasteiger partial charge on any atom is 0.0945 e. The normalized spacial score (nSPS) is 14.7. The number of aliphatic hydroxyl groups excluding tert-OH is 1. The molecule has 0 fully saturated rings. The SMILES string of the molecule is CC(C)c1ccc(C(O)C(C)C#N)cc1. The van der Waals surface area contributed by atoms with E-state index in [2.05, 4.69) is 19.9 Å². The maximum absolute atomic E-state index is 9.80. The van der Waals surface area contributed by atoms with Gasteiger partial charge in [-0.05, 0) is 24.0 Å². The molecule has 1 rings (SSSR count). The standard InChI is InChI=1S/C13H17NO/c1-9(2)11-4-6-12(7-5-11)13(15)10(3)8-14/h4-7,9-10,13,15H,1-3H3. The van der Waals surface area contributed by atoms with Gasteiger partial charge in [-0.15, -0.1) is 0 Å². The van der Waals surface area contributed by atoms with E-state index >= 15 is 0 Å². The van der Waals surface area contributed by atoms with Crippen LogP contribution < -0.4 is 0 Å². The molecule has 2 heteroatoms. The van der Waals surface area contributed by atoms with Gasteiger partial charge in [-0.3, -0.25) is 0 Å². The van der Waals surface area contributed by atoms with E-state index in [1.165, 1.54) is 5.56 Å². The molecule has 0 aliphatic carbocycles. The minimum absolute atomic E-state index is 0.366. The topological polar surface area (TPSA) is 44.0 Å². The summed E-state index contributed by atoms with van der Waals surface area (Å²) in [6.07, 6.45) is -0.684. The van der Waals surface area contributed by atoms with Gasteiger partial charge in [0.25, 0.3) is 0 Å². The summed E-state index contributed by atoms with van der Waals surface area (Å²) in [6, 6.07) is 9.86. The van der Waals surface area contributed by atoms with E-state index < -0.39 is 6.10 Å². The second-order valence-corrected chi connectivity index (χ2v) is 4.18. The quantitative estimate of drug-likeness (QED) is 0.820. The fourth-order valence-electron chi connectivity index (χ4n) is 1.44. The Kier molecular flexibility index (Phi) is 3.88. The van der Waals surface area contributed by atoms with Crippen LogP contribution in [0.2, 0.25) is 0 Å². The lowest BCUT2D eigenvalue weighted by molar-refractivity contribution is 0.143. The van der Waals surface area contributed by atoms with Crippen molar-refractivity contribution in [1.82, 2.24) is 0 Å². The third kappa shape index (κ3) is 2.81. The molecule has 0 radical (unpaired) electrons. The van der Waals surface area contributed by atoms with Gasteiger partial charge in [0, 0.05) is 0 Å². The lowest BCUT2D eigenvalue weighted by Crippen LogP contribution is -2.06. The summed E-state index contributed by atoms with van der Waals surface area (Å²) in [5.74, 6) is 0.125. The lowest BCUT2D eigenvalue weighted by Gasteiger charge is -2.14. The molecule has 1 aromatic rings. The van der Waals surface area contributed by atoms with E-state index in [9.17, 15) is 5.11 Å². The van der Waals surface area contributed by atoms with Crippen LogP contribution in [-0.2, 0) is 0 Å². The zero-order valence-corrected chi connectivity index (χ0v) is 9.44. The average molecular weight is 203 g/mol. The first-order valence-corrected chi connectivity index (χ1v) is 5.23. The Morgan fingerprint density at radius 3 is 1.93 bits per heavy atom. The number of benzene rings is 1. The van der Waals surface area contributed by atoms with Crippen molar-refractivity contribution < 1.29 is 5.11 Å². The molecule has 0 aromatic heterocycles. The number of hydrogen-bond donors (Lipinski definition) is 1. The summed E-state index contributed by atoms with van der Waals surface area (Å²) in [7, 11) is 0. The molecule has 1 aromatic carbocycles. The summed E-state index contributed by atoms with van der Waals surface area (Å²) in [5, 5.41) is 18.5. The van der Waals surface area contributed by atoms with E-state index in [4.69, 9.17) is 5.26 Å². The Morgan fingerprint density at radius 2 is 1.53 bits per heavy atom. The maximum atomic E-state index is 9.80. The Bertz CT molecular complexity index is 348. The third-order valence-corrected chi connectivity index (χ3v) is 2.62. The van der Waals surface area contributed by atoms with Gasteiger partial charge in [-0.25, -0.2) is 0 Å². The van der Waals surface area contributed by atoms with Gasteiger partial charge in [0.15, 0.2) is 0 Å². The van der Waals surface area contributed by atoms with Crippen molar-refractivity contribution in [3.05, 3.63) is 35.4 Å². The summed E-state index contributed by atoms with van der Waals surface area (Å²) in [4.78, 5) is 0. The van der Waals surface area contributed by atoms with Crippen molar-refractivity contribution in [2.45, 2.75) is 32.8 Å². The molecule has 0 aliphatic rings. The summed E-state index contributed by atoms with van der Waals surface area (Å²) < 4.78 is 0. The van der Waals surface area contributed by atoms with Crippen LogP contribution in [-0.4, -0.2) is 5.11 Å². The van der Waals surface area contributed by atoms with E-state index in [-0.39, 0.29) is 5.92 Å². The number of nitrogens with zero attached hydrogens (tertiary/aromatic N) is 1. The van der Waals surface area contributed by atoms with Crippen LogP contribution in [0.25, 0.3) is 0 Å². The first-order valence-electron chi connectivity index (χ1n) is 5.23. The molecule has 1 N–H and O–H groups in total. The van der Waals surface area contributed by atoms with Crippen molar-refractivity contribution in [2.75, 3.05) is 0 Å². The zero-order valence-electron chi connectivity index (χ0n) is 9.44. The average Bonchev–Trinajstić information content (AvgIpc) is 2.27. The molecule has 2 unspecified atom stereocenters. The second kappa shape index (κ2) is 4.95. The molecule has 0 saturated carbocycles. The molecule has 0 aliphatic heterocycles. The van der Waals surface area contributed by atoms with Crippen LogP contribution in [0.4, 0.5) is 0 Å². The lowest BCUT2D eigenvalue weighted by atomic mass is 9.95. The molecule has 2 atom stereocenters. The molecule has 0 saturated heterocycles. The van der Waals surface area contributed by atoms with Gasteiger partial charge in [0.1, 0.15) is 0 Å². The van der Waals surface area contributed by atoms with Crippen LogP contribution in [0.15, 0.2) is 24.3 Å². The van der Waals surface area contributed by atoms with Crippen molar-refractivity contribution in [3.8, 4) is 6.07 Å². The molecule has 80 valence electrons. The highest BCUT2D eigenvalue weighted by Gasteiger charge is 2.15. The monoisotopic (exact) mass is 203 g/mol. The number of aliphatic hydroxyl groups is 1. The summed E-state index contributed by atoms with van der Waals surface area (Å²) in [6.45, 7) is 5.98. The van der Waals surface area contributed by atoms with Gasteiger partial charge >= 0.3 is 0 Å². The number of rotatable bonds is 3. The summed E-state index contributed by atoms with van der Waals surface area (Å²) in [5.41, 5.74) is 2.06. The van der Waals surface area contributed by atoms with E-state index in [1.807, 2.05) is 24.3 Å². The zero-order chi connectivity index (χ0) is 11.4. The largest absolute Gasteiger partial charge is 0.387 e. The highest BCUT2D eigenvalue weighted by atomic mass is 16.3. The molecular weight excluding hydrogens is 186 g/mol. The Labute approximate surface area is 91.2 Å². The number of nitriles is 1.